The van der Waals surface area contributed by atoms with Gasteiger partial charge in [-0.25, -0.2) is 9.38 Å². The molecule has 0 aliphatic carbocycles. The first-order chi connectivity index (χ1) is 13.1. The number of benzene rings is 2. The summed E-state index contributed by atoms with van der Waals surface area (Å²) < 4.78 is 13.1. The number of nitrogens with zero attached hydrogens (tertiary/aromatic N) is 1. The number of aliphatic imine (C=N–C) groups is 1. The summed E-state index contributed by atoms with van der Waals surface area (Å²) >= 11 is 0. The zero-order valence-electron chi connectivity index (χ0n) is 15.9. The van der Waals surface area contributed by atoms with Crippen LogP contribution in [0.4, 0.5) is 4.39 Å². The number of rotatable bonds is 8. The van der Waals surface area contributed by atoms with Gasteiger partial charge in [0.05, 0.1) is 13.0 Å². The van der Waals surface area contributed by atoms with Crippen LogP contribution in [-0.2, 0) is 17.8 Å². The van der Waals surface area contributed by atoms with Crippen molar-refractivity contribution in [3.8, 4) is 0 Å². The average Bonchev–Trinajstić information content (AvgIpc) is 2.64. The lowest BCUT2D eigenvalue weighted by molar-refractivity contribution is -0.120. The van der Waals surface area contributed by atoms with Crippen molar-refractivity contribution in [2.45, 2.75) is 26.8 Å². The van der Waals surface area contributed by atoms with Crippen molar-refractivity contribution in [2.24, 2.45) is 4.99 Å². The number of hydrogen-bond donors (Lipinski definition) is 3. The Labute approximate surface area is 160 Å². The van der Waals surface area contributed by atoms with Crippen molar-refractivity contribution in [1.29, 1.82) is 0 Å². The molecule has 0 atom stereocenters. The van der Waals surface area contributed by atoms with Crippen molar-refractivity contribution >= 4 is 11.9 Å². The van der Waals surface area contributed by atoms with Crippen LogP contribution in [0, 0.1) is 12.7 Å². The van der Waals surface area contributed by atoms with E-state index in [-0.39, 0.29) is 18.1 Å². The van der Waals surface area contributed by atoms with E-state index in [9.17, 15) is 9.18 Å². The summed E-state index contributed by atoms with van der Waals surface area (Å²) in [4.78, 5) is 16.5. The van der Waals surface area contributed by atoms with Gasteiger partial charge in [0.25, 0.3) is 0 Å². The van der Waals surface area contributed by atoms with Gasteiger partial charge < -0.3 is 16.0 Å². The van der Waals surface area contributed by atoms with Crippen molar-refractivity contribution in [1.82, 2.24) is 16.0 Å². The van der Waals surface area contributed by atoms with Crippen molar-refractivity contribution < 1.29 is 9.18 Å². The van der Waals surface area contributed by atoms with Gasteiger partial charge in [-0.05, 0) is 42.7 Å². The van der Waals surface area contributed by atoms with Gasteiger partial charge >= 0.3 is 0 Å². The standard InChI is InChI=1S/C21H27FN4O/c1-3-23-21(26-15-18-9-5-4-7-16(18)2)25-12-11-24-20(27)14-17-8-6-10-19(22)13-17/h4-10,13H,3,11-12,14-15H2,1-2H3,(H,24,27)(H2,23,25,26). The Bertz CT molecular complexity index is 776. The molecule has 0 aliphatic heterocycles. The number of amides is 1. The fraction of sp³-hybridized carbons (Fsp3) is 0.333. The van der Waals surface area contributed by atoms with E-state index >= 15 is 0 Å². The van der Waals surface area contributed by atoms with Gasteiger partial charge in [0.1, 0.15) is 5.82 Å². The molecule has 0 aliphatic rings. The maximum Gasteiger partial charge on any atom is 0.224 e. The Morgan fingerprint density at radius 2 is 1.81 bits per heavy atom. The lowest BCUT2D eigenvalue weighted by atomic mass is 10.1. The SMILES string of the molecule is CCNC(=NCc1ccccc1C)NCCNC(=O)Cc1cccc(F)c1. The van der Waals surface area contributed by atoms with Crippen LogP contribution < -0.4 is 16.0 Å². The van der Waals surface area contributed by atoms with E-state index in [0.717, 1.165) is 6.54 Å². The lowest BCUT2D eigenvalue weighted by Crippen LogP contribution is -2.41. The first-order valence-electron chi connectivity index (χ1n) is 9.16. The van der Waals surface area contributed by atoms with Gasteiger partial charge in [-0.3, -0.25) is 4.79 Å². The predicted octanol–water partition coefficient (Wildman–Crippen LogP) is 2.55. The molecule has 0 saturated carbocycles. The molecular weight excluding hydrogens is 343 g/mol. The third kappa shape index (κ3) is 7.48. The van der Waals surface area contributed by atoms with E-state index in [0.29, 0.717) is 31.2 Å². The molecule has 5 nitrogen and oxygen atoms in total. The first kappa shape index (κ1) is 20.4. The summed E-state index contributed by atoms with van der Waals surface area (Å²) in [6, 6.07) is 14.2. The molecule has 0 saturated heterocycles. The van der Waals surface area contributed by atoms with Crippen molar-refractivity contribution in [3.63, 3.8) is 0 Å². The van der Waals surface area contributed by atoms with Crippen LogP contribution in [0.15, 0.2) is 53.5 Å². The van der Waals surface area contributed by atoms with Crippen LogP contribution in [0.5, 0.6) is 0 Å². The number of carbonyl (C=O) groups is 1. The van der Waals surface area contributed by atoms with Crippen LogP contribution in [0.1, 0.15) is 23.6 Å². The van der Waals surface area contributed by atoms with E-state index in [1.807, 2.05) is 19.1 Å². The zero-order valence-corrected chi connectivity index (χ0v) is 15.9. The quantitative estimate of drug-likeness (QED) is 0.380. The number of hydrogen-bond acceptors (Lipinski definition) is 2. The van der Waals surface area contributed by atoms with Gasteiger partial charge in [0.2, 0.25) is 5.91 Å². The van der Waals surface area contributed by atoms with Crippen LogP contribution in [-0.4, -0.2) is 31.5 Å². The molecule has 144 valence electrons. The second kappa shape index (κ2) is 11.0. The maximum absolute atomic E-state index is 13.1. The Morgan fingerprint density at radius 1 is 1.04 bits per heavy atom. The minimum Gasteiger partial charge on any atom is -0.357 e. The molecule has 2 aromatic rings. The summed E-state index contributed by atoms with van der Waals surface area (Å²) in [6.07, 6.45) is 0.166. The normalized spacial score (nSPS) is 11.1. The predicted molar refractivity (Wildman–Crippen MR) is 107 cm³/mol. The smallest absolute Gasteiger partial charge is 0.224 e. The van der Waals surface area contributed by atoms with Gasteiger partial charge in [-0.15, -0.1) is 0 Å². The summed E-state index contributed by atoms with van der Waals surface area (Å²) in [5.41, 5.74) is 3.05. The number of halogens is 1. The monoisotopic (exact) mass is 370 g/mol. The summed E-state index contributed by atoms with van der Waals surface area (Å²) in [5.74, 6) is 0.242. The number of guanidine groups is 1. The van der Waals surface area contributed by atoms with Gasteiger partial charge in [0, 0.05) is 19.6 Å². The van der Waals surface area contributed by atoms with E-state index in [4.69, 9.17) is 0 Å². The van der Waals surface area contributed by atoms with Crippen molar-refractivity contribution in [3.05, 3.63) is 71.0 Å². The van der Waals surface area contributed by atoms with Crippen LogP contribution >= 0.6 is 0 Å². The van der Waals surface area contributed by atoms with E-state index < -0.39 is 0 Å². The Kier molecular flexibility index (Phi) is 8.29. The molecular formula is C21H27FN4O. The molecule has 0 spiro atoms. The minimum absolute atomic E-state index is 0.135. The molecule has 0 bridgehead atoms. The fourth-order valence-corrected chi connectivity index (χ4v) is 2.57. The Hall–Kier alpha value is -2.89. The fourth-order valence-electron chi connectivity index (χ4n) is 2.57. The molecule has 0 heterocycles. The number of carbonyl (C=O) groups excluding carboxylic acids is 1. The highest BCUT2D eigenvalue weighted by molar-refractivity contribution is 5.80. The van der Waals surface area contributed by atoms with Crippen molar-refractivity contribution in [2.75, 3.05) is 19.6 Å². The largest absolute Gasteiger partial charge is 0.357 e. The minimum atomic E-state index is -0.331. The second-order valence-electron chi connectivity index (χ2n) is 6.21. The third-order valence-electron chi connectivity index (χ3n) is 4.01. The van der Waals surface area contributed by atoms with Gasteiger partial charge in [0.15, 0.2) is 5.96 Å². The van der Waals surface area contributed by atoms with Crippen LogP contribution in [0.2, 0.25) is 0 Å². The highest BCUT2D eigenvalue weighted by Crippen LogP contribution is 2.07. The Balaban J connectivity index is 1.76. The number of nitrogens with one attached hydrogen (secondary N) is 3. The van der Waals surface area contributed by atoms with Crippen LogP contribution in [0.3, 0.4) is 0 Å². The highest BCUT2D eigenvalue weighted by Gasteiger charge is 2.04. The Morgan fingerprint density at radius 3 is 2.56 bits per heavy atom. The van der Waals surface area contributed by atoms with E-state index in [1.54, 1.807) is 12.1 Å². The molecule has 6 heteroatoms. The molecule has 27 heavy (non-hydrogen) atoms. The first-order valence-corrected chi connectivity index (χ1v) is 9.16. The molecule has 0 aromatic heterocycles. The maximum atomic E-state index is 13.1. The summed E-state index contributed by atoms with van der Waals surface area (Å²) in [7, 11) is 0. The van der Waals surface area contributed by atoms with Gasteiger partial charge in [-0.1, -0.05) is 36.4 Å². The summed E-state index contributed by atoms with van der Waals surface area (Å²) in [5, 5.41) is 9.22. The van der Waals surface area contributed by atoms with Gasteiger partial charge in [-0.2, -0.15) is 0 Å². The van der Waals surface area contributed by atoms with E-state index in [1.165, 1.54) is 23.3 Å². The highest BCUT2D eigenvalue weighted by atomic mass is 19.1. The molecule has 0 fully saturated rings. The molecule has 2 rings (SSSR count). The molecule has 1 amide bonds. The molecule has 2 aromatic carbocycles. The topological polar surface area (TPSA) is 65.5 Å². The van der Waals surface area contributed by atoms with Crippen LogP contribution in [0.25, 0.3) is 0 Å². The lowest BCUT2D eigenvalue weighted by Gasteiger charge is -2.12. The molecule has 3 N–H and O–H groups in total. The summed E-state index contributed by atoms with van der Waals surface area (Å²) in [6.45, 7) is 6.43. The number of aryl methyl sites for hydroxylation is 1. The van der Waals surface area contributed by atoms with E-state index in [2.05, 4.69) is 40.0 Å². The molecule has 0 radical (unpaired) electrons. The zero-order chi connectivity index (χ0) is 19.5. The average molecular weight is 370 g/mol. The third-order valence-corrected chi connectivity index (χ3v) is 4.01. The molecule has 0 unspecified atom stereocenters. The second-order valence-corrected chi connectivity index (χ2v) is 6.21.